The summed E-state index contributed by atoms with van der Waals surface area (Å²) in [6.45, 7) is 4.76. The molecule has 1 aliphatic rings. The number of piperidine rings is 1. The van der Waals surface area contributed by atoms with Crippen molar-refractivity contribution in [3.05, 3.63) is 12.5 Å². The van der Waals surface area contributed by atoms with Gasteiger partial charge in [-0.3, -0.25) is 4.79 Å². The highest BCUT2D eigenvalue weighted by Crippen LogP contribution is 2.25. The van der Waals surface area contributed by atoms with E-state index in [2.05, 4.69) is 25.3 Å². The lowest BCUT2D eigenvalue weighted by Gasteiger charge is -2.27. The van der Waals surface area contributed by atoms with E-state index in [1.165, 1.54) is 26.2 Å². The van der Waals surface area contributed by atoms with E-state index in [1.807, 2.05) is 10.9 Å². The zero-order chi connectivity index (χ0) is 14.7. The van der Waals surface area contributed by atoms with Gasteiger partial charge in [0.1, 0.15) is 12.1 Å². The second-order valence-electron chi connectivity index (χ2n) is 5.33. The van der Waals surface area contributed by atoms with Gasteiger partial charge in [-0.15, -0.1) is 0 Å². The zero-order valence-corrected chi connectivity index (χ0v) is 12.2. The van der Waals surface area contributed by atoms with Gasteiger partial charge in [-0.25, -0.2) is 14.6 Å². The van der Waals surface area contributed by atoms with E-state index in [1.54, 1.807) is 6.33 Å². The first-order chi connectivity index (χ1) is 10.3. The number of nitrogens with one attached hydrogen (secondary N) is 1. The van der Waals surface area contributed by atoms with Crippen LogP contribution in [0.2, 0.25) is 0 Å². The van der Waals surface area contributed by atoms with Crippen molar-refractivity contribution in [2.45, 2.75) is 32.7 Å². The van der Waals surface area contributed by atoms with Crippen molar-refractivity contribution in [3.63, 3.8) is 0 Å². The number of hydrogen-bond acceptors (Lipinski definition) is 5. The molecule has 0 atom stereocenters. The molecule has 3 rings (SSSR count). The minimum Gasteiger partial charge on any atom is -0.356 e. The summed E-state index contributed by atoms with van der Waals surface area (Å²) in [5.41, 5.74) is 0.830. The van der Waals surface area contributed by atoms with Gasteiger partial charge < -0.3 is 10.2 Å². The maximum absolute atomic E-state index is 10.9. The highest BCUT2D eigenvalue weighted by Gasteiger charge is 2.17. The SMILES string of the molecule is CC(=O)NCCn1ncc2c(N3CCCCC3)ncnc21. The van der Waals surface area contributed by atoms with Gasteiger partial charge in [-0.05, 0) is 19.3 Å². The summed E-state index contributed by atoms with van der Waals surface area (Å²) >= 11 is 0. The maximum atomic E-state index is 10.9. The van der Waals surface area contributed by atoms with Crippen molar-refractivity contribution in [1.82, 2.24) is 25.1 Å². The molecule has 2 aromatic rings. The summed E-state index contributed by atoms with van der Waals surface area (Å²) in [4.78, 5) is 22.0. The number of fused-ring (bicyclic) bond motifs is 1. The average molecular weight is 288 g/mol. The van der Waals surface area contributed by atoms with Gasteiger partial charge in [0.15, 0.2) is 5.65 Å². The van der Waals surface area contributed by atoms with Gasteiger partial charge in [0.2, 0.25) is 5.91 Å². The molecule has 21 heavy (non-hydrogen) atoms. The third-order valence-electron chi connectivity index (χ3n) is 3.77. The molecule has 112 valence electrons. The largest absolute Gasteiger partial charge is 0.356 e. The molecule has 0 unspecified atom stereocenters. The van der Waals surface area contributed by atoms with Gasteiger partial charge in [0, 0.05) is 26.6 Å². The highest BCUT2D eigenvalue weighted by atomic mass is 16.1. The van der Waals surface area contributed by atoms with Gasteiger partial charge in [-0.1, -0.05) is 0 Å². The molecule has 2 aromatic heterocycles. The summed E-state index contributed by atoms with van der Waals surface area (Å²) in [6, 6.07) is 0. The fourth-order valence-electron chi connectivity index (χ4n) is 2.74. The Bertz CT molecular complexity index is 631. The van der Waals surface area contributed by atoms with Crippen molar-refractivity contribution in [3.8, 4) is 0 Å². The molecule has 1 saturated heterocycles. The zero-order valence-electron chi connectivity index (χ0n) is 12.2. The molecule has 0 radical (unpaired) electrons. The van der Waals surface area contributed by atoms with E-state index in [0.29, 0.717) is 13.1 Å². The minimum absolute atomic E-state index is 0.0323. The molecule has 1 aliphatic heterocycles. The topological polar surface area (TPSA) is 75.9 Å². The molecular weight excluding hydrogens is 268 g/mol. The predicted octanol–water partition coefficient (Wildman–Crippen LogP) is 0.953. The smallest absolute Gasteiger partial charge is 0.216 e. The van der Waals surface area contributed by atoms with E-state index in [9.17, 15) is 4.79 Å². The van der Waals surface area contributed by atoms with Crippen LogP contribution in [-0.2, 0) is 11.3 Å². The Balaban J connectivity index is 1.83. The normalized spacial score (nSPS) is 15.4. The minimum atomic E-state index is -0.0323. The Morgan fingerprint density at radius 1 is 1.29 bits per heavy atom. The summed E-state index contributed by atoms with van der Waals surface area (Å²) < 4.78 is 1.82. The molecule has 0 bridgehead atoms. The van der Waals surface area contributed by atoms with Gasteiger partial charge in [0.05, 0.1) is 18.1 Å². The highest BCUT2D eigenvalue weighted by molar-refractivity contribution is 5.86. The van der Waals surface area contributed by atoms with Crippen LogP contribution in [0.15, 0.2) is 12.5 Å². The lowest BCUT2D eigenvalue weighted by Crippen LogP contribution is -2.30. The Hall–Kier alpha value is -2.18. The fraction of sp³-hybridized carbons (Fsp3) is 0.571. The van der Waals surface area contributed by atoms with Gasteiger partial charge in [0.25, 0.3) is 0 Å². The van der Waals surface area contributed by atoms with Crippen LogP contribution in [0.25, 0.3) is 11.0 Å². The monoisotopic (exact) mass is 288 g/mol. The Labute approximate surface area is 123 Å². The third-order valence-corrected chi connectivity index (χ3v) is 3.77. The number of carbonyl (C=O) groups excluding carboxylic acids is 1. The molecule has 7 nitrogen and oxygen atoms in total. The summed E-state index contributed by atoms with van der Waals surface area (Å²) in [5.74, 6) is 0.945. The first-order valence-corrected chi connectivity index (χ1v) is 7.41. The second-order valence-corrected chi connectivity index (χ2v) is 5.33. The molecule has 0 aliphatic carbocycles. The molecule has 1 fully saturated rings. The Kier molecular flexibility index (Phi) is 3.98. The van der Waals surface area contributed by atoms with E-state index in [4.69, 9.17) is 0 Å². The standard InChI is InChI=1S/C14H20N6O/c1-11(21)15-5-8-20-14-12(9-18-20)13(16-10-17-14)19-6-3-2-4-7-19/h9-10H,2-8H2,1H3,(H,15,21). The fourth-order valence-corrected chi connectivity index (χ4v) is 2.74. The predicted molar refractivity (Wildman–Crippen MR) is 80.1 cm³/mol. The summed E-state index contributed by atoms with van der Waals surface area (Å²) in [6.07, 6.45) is 7.14. The summed E-state index contributed by atoms with van der Waals surface area (Å²) in [5, 5.41) is 8.14. The lowest BCUT2D eigenvalue weighted by molar-refractivity contribution is -0.118. The second kappa shape index (κ2) is 6.07. The lowest BCUT2D eigenvalue weighted by atomic mass is 10.1. The molecule has 7 heteroatoms. The number of carbonyl (C=O) groups is 1. The summed E-state index contributed by atoms with van der Waals surface area (Å²) in [7, 11) is 0. The van der Waals surface area contributed by atoms with Crippen LogP contribution < -0.4 is 10.2 Å². The van der Waals surface area contributed by atoms with E-state index >= 15 is 0 Å². The maximum Gasteiger partial charge on any atom is 0.216 e. The van der Waals surface area contributed by atoms with Gasteiger partial charge in [-0.2, -0.15) is 5.10 Å². The van der Waals surface area contributed by atoms with Crippen molar-refractivity contribution in [1.29, 1.82) is 0 Å². The number of rotatable bonds is 4. The quantitative estimate of drug-likeness (QED) is 0.906. The van der Waals surface area contributed by atoms with E-state index < -0.39 is 0 Å². The molecule has 1 N–H and O–H groups in total. The molecule has 0 aromatic carbocycles. The molecule has 3 heterocycles. The van der Waals surface area contributed by atoms with Crippen LogP contribution in [0, 0.1) is 0 Å². The molecule has 1 amide bonds. The molecule has 0 spiro atoms. The van der Waals surface area contributed by atoms with Crippen LogP contribution in [0.1, 0.15) is 26.2 Å². The Morgan fingerprint density at radius 3 is 2.86 bits per heavy atom. The van der Waals surface area contributed by atoms with Crippen molar-refractivity contribution in [2.75, 3.05) is 24.5 Å². The first-order valence-electron chi connectivity index (χ1n) is 7.41. The van der Waals surface area contributed by atoms with Crippen molar-refractivity contribution >= 4 is 22.8 Å². The van der Waals surface area contributed by atoms with Crippen LogP contribution >= 0.6 is 0 Å². The van der Waals surface area contributed by atoms with E-state index in [0.717, 1.165) is 29.9 Å². The van der Waals surface area contributed by atoms with Crippen molar-refractivity contribution in [2.24, 2.45) is 0 Å². The molecule has 0 saturated carbocycles. The number of hydrogen-bond donors (Lipinski definition) is 1. The number of aromatic nitrogens is 4. The number of amides is 1. The first kappa shape index (κ1) is 13.8. The van der Waals surface area contributed by atoms with Crippen LogP contribution in [0.4, 0.5) is 5.82 Å². The van der Waals surface area contributed by atoms with Crippen molar-refractivity contribution < 1.29 is 4.79 Å². The van der Waals surface area contributed by atoms with Gasteiger partial charge >= 0.3 is 0 Å². The van der Waals surface area contributed by atoms with Crippen LogP contribution in [-0.4, -0.2) is 45.3 Å². The number of nitrogens with zero attached hydrogens (tertiary/aromatic N) is 5. The average Bonchev–Trinajstić information content (AvgIpc) is 2.91. The third kappa shape index (κ3) is 2.96. The van der Waals surface area contributed by atoms with Crippen LogP contribution in [0.3, 0.4) is 0 Å². The Morgan fingerprint density at radius 2 is 2.10 bits per heavy atom. The molecular formula is C14H20N6O. The number of anilines is 1. The van der Waals surface area contributed by atoms with E-state index in [-0.39, 0.29) is 5.91 Å². The van der Waals surface area contributed by atoms with Crippen LogP contribution in [0.5, 0.6) is 0 Å².